The minimum Gasteiger partial charge on any atom is -0.383 e. The largest absolute Gasteiger partial charge is 0.383 e. The van der Waals surface area contributed by atoms with Crippen molar-refractivity contribution in [1.82, 2.24) is 10.1 Å². The summed E-state index contributed by atoms with van der Waals surface area (Å²) in [6, 6.07) is 1.87. The Kier molecular flexibility index (Phi) is 2.09. The molecule has 3 N–H and O–H groups in total. The van der Waals surface area contributed by atoms with Gasteiger partial charge in [0.25, 0.3) is 5.71 Å². The summed E-state index contributed by atoms with van der Waals surface area (Å²) in [5.74, 6) is 0. The van der Waals surface area contributed by atoms with Crippen LogP contribution >= 0.6 is 0 Å². The van der Waals surface area contributed by atoms with Crippen LogP contribution in [-0.4, -0.2) is 23.2 Å². The van der Waals surface area contributed by atoms with Crippen LogP contribution in [0.5, 0.6) is 0 Å². The first-order valence-corrected chi connectivity index (χ1v) is 4.05. The molecule has 0 aromatic carbocycles. The van der Waals surface area contributed by atoms with Gasteiger partial charge in [-0.2, -0.15) is 0 Å². The molecule has 0 aliphatic rings. The summed E-state index contributed by atoms with van der Waals surface area (Å²) in [5.41, 5.74) is 6.88. The molecule has 0 unspecified atom stereocenters. The Balaban J connectivity index is 2.37. The van der Waals surface area contributed by atoms with E-state index in [1.807, 2.05) is 6.07 Å². The molecule has 68 valence electrons. The highest BCUT2D eigenvalue weighted by Crippen LogP contribution is 2.19. The van der Waals surface area contributed by atoms with Crippen molar-refractivity contribution in [2.75, 3.05) is 18.4 Å². The number of anilines is 1. The van der Waals surface area contributed by atoms with E-state index in [0.29, 0.717) is 12.3 Å². The smallest absolute Gasteiger partial charge is 0.259 e. The van der Waals surface area contributed by atoms with Crippen LogP contribution < -0.4 is 11.1 Å². The van der Waals surface area contributed by atoms with Gasteiger partial charge in [0.2, 0.25) is 0 Å². The average molecular weight is 178 g/mol. The molecular weight excluding hydrogens is 168 g/mol. The van der Waals surface area contributed by atoms with Crippen LogP contribution in [0, 0.1) is 0 Å². The van der Waals surface area contributed by atoms with E-state index < -0.39 is 0 Å². The summed E-state index contributed by atoms with van der Waals surface area (Å²) >= 11 is 0. The summed E-state index contributed by atoms with van der Waals surface area (Å²) in [7, 11) is 0. The molecule has 13 heavy (non-hydrogen) atoms. The number of rotatable bonds is 3. The molecule has 5 heteroatoms. The minimum atomic E-state index is 0.544. The molecule has 0 aliphatic heterocycles. The molecule has 0 fully saturated rings. The number of nitrogens with one attached hydrogen (secondary N) is 1. The monoisotopic (exact) mass is 178 g/mol. The highest BCUT2D eigenvalue weighted by atomic mass is 16.5. The lowest BCUT2D eigenvalue weighted by atomic mass is 10.3. The van der Waals surface area contributed by atoms with Crippen LogP contribution in [-0.2, 0) is 0 Å². The Hall–Kier alpha value is -1.62. The molecule has 0 saturated heterocycles. The fourth-order valence-corrected chi connectivity index (χ4v) is 1.14. The molecule has 0 aliphatic carbocycles. The van der Waals surface area contributed by atoms with E-state index in [0.717, 1.165) is 17.6 Å². The van der Waals surface area contributed by atoms with Crippen molar-refractivity contribution < 1.29 is 4.52 Å². The Labute approximate surface area is 74.9 Å². The number of pyridine rings is 1. The normalized spacial score (nSPS) is 10.5. The van der Waals surface area contributed by atoms with Crippen LogP contribution in [0.25, 0.3) is 11.1 Å². The van der Waals surface area contributed by atoms with Crippen molar-refractivity contribution in [3.8, 4) is 0 Å². The van der Waals surface area contributed by atoms with Crippen molar-refractivity contribution in [2.24, 2.45) is 5.73 Å². The highest BCUT2D eigenvalue weighted by Gasteiger charge is 2.03. The fourth-order valence-electron chi connectivity index (χ4n) is 1.14. The number of hydrogen-bond acceptors (Lipinski definition) is 5. The van der Waals surface area contributed by atoms with E-state index in [4.69, 9.17) is 10.3 Å². The molecule has 2 heterocycles. The van der Waals surface area contributed by atoms with E-state index in [1.165, 1.54) is 0 Å². The molecule has 0 amide bonds. The third kappa shape index (κ3) is 1.46. The molecule has 0 atom stereocenters. The quantitative estimate of drug-likeness (QED) is 0.719. The predicted octanol–water partition coefficient (Wildman–Crippen LogP) is 0.593. The maximum Gasteiger partial charge on any atom is 0.259 e. The summed E-state index contributed by atoms with van der Waals surface area (Å²) in [6.07, 6.45) is 3.31. The van der Waals surface area contributed by atoms with Crippen LogP contribution in [0.2, 0.25) is 0 Å². The van der Waals surface area contributed by atoms with Gasteiger partial charge in [-0.1, -0.05) is 5.16 Å². The van der Waals surface area contributed by atoms with E-state index >= 15 is 0 Å². The van der Waals surface area contributed by atoms with Crippen LogP contribution in [0.1, 0.15) is 0 Å². The summed E-state index contributed by atoms with van der Waals surface area (Å²) in [5, 5.41) is 7.70. The Morgan fingerprint density at radius 1 is 1.54 bits per heavy atom. The van der Waals surface area contributed by atoms with Gasteiger partial charge >= 0.3 is 0 Å². The molecule has 0 radical (unpaired) electrons. The zero-order valence-electron chi connectivity index (χ0n) is 7.03. The zero-order valence-corrected chi connectivity index (χ0v) is 7.03. The topological polar surface area (TPSA) is 77.0 Å². The summed E-state index contributed by atoms with van der Waals surface area (Å²) in [6.45, 7) is 1.32. The molecule has 2 aromatic heterocycles. The molecular formula is C8H10N4O. The number of fused-ring (bicyclic) bond motifs is 1. The van der Waals surface area contributed by atoms with Gasteiger partial charge in [-0.25, -0.2) is 4.98 Å². The second-order valence-electron chi connectivity index (χ2n) is 2.62. The number of hydrogen-bond donors (Lipinski definition) is 2. The molecule has 0 spiro atoms. The maximum atomic E-state index is 5.38. The maximum absolute atomic E-state index is 5.38. The fraction of sp³-hybridized carbons (Fsp3) is 0.250. The van der Waals surface area contributed by atoms with E-state index in [1.54, 1.807) is 12.4 Å². The van der Waals surface area contributed by atoms with Crippen LogP contribution in [0.3, 0.4) is 0 Å². The first-order valence-electron chi connectivity index (χ1n) is 4.05. The van der Waals surface area contributed by atoms with E-state index in [-0.39, 0.29) is 0 Å². The minimum absolute atomic E-state index is 0.544. The molecule has 0 bridgehead atoms. The van der Waals surface area contributed by atoms with Crippen molar-refractivity contribution in [1.29, 1.82) is 0 Å². The number of nitrogens with zero attached hydrogens (tertiary/aromatic N) is 2. The lowest BCUT2D eigenvalue weighted by Gasteiger charge is -2.03. The van der Waals surface area contributed by atoms with Gasteiger partial charge in [0.05, 0.1) is 17.3 Å². The first kappa shape index (κ1) is 8.00. The molecule has 0 saturated carbocycles. The summed E-state index contributed by atoms with van der Waals surface area (Å²) < 4.78 is 4.91. The van der Waals surface area contributed by atoms with Gasteiger partial charge in [-0.05, 0) is 6.07 Å². The Morgan fingerprint density at radius 2 is 2.46 bits per heavy atom. The SMILES string of the molecule is NCCNc1ccnc2oncc12. The third-order valence-electron chi connectivity index (χ3n) is 1.73. The third-order valence-corrected chi connectivity index (χ3v) is 1.73. The standard InChI is InChI=1S/C8H10N4O/c9-2-4-10-7-1-3-11-8-6(7)5-12-13-8/h1,3,5H,2,4,9H2,(H,10,11). The Bertz CT molecular complexity index is 398. The van der Waals surface area contributed by atoms with Crippen molar-refractivity contribution >= 4 is 16.8 Å². The summed E-state index contributed by atoms with van der Waals surface area (Å²) in [4.78, 5) is 4.01. The van der Waals surface area contributed by atoms with Crippen molar-refractivity contribution in [3.63, 3.8) is 0 Å². The van der Waals surface area contributed by atoms with Gasteiger partial charge in [0.15, 0.2) is 0 Å². The Morgan fingerprint density at radius 3 is 3.31 bits per heavy atom. The van der Waals surface area contributed by atoms with E-state index in [9.17, 15) is 0 Å². The highest BCUT2D eigenvalue weighted by molar-refractivity contribution is 5.86. The van der Waals surface area contributed by atoms with Gasteiger partial charge in [0.1, 0.15) is 0 Å². The van der Waals surface area contributed by atoms with Gasteiger partial charge < -0.3 is 15.6 Å². The average Bonchev–Trinajstić information content (AvgIpc) is 2.62. The second kappa shape index (κ2) is 3.40. The van der Waals surface area contributed by atoms with Crippen molar-refractivity contribution in [3.05, 3.63) is 18.5 Å². The van der Waals surface area contributed by atoms with Gasteiger partial charge in [-0.15, -0.1) is 0 Å². The van der Waals surface area contributed by atoms with Crippen molar-refractivity contribution in [2.45, 2.75) is 0 Å². The lowest BCUT2D eigenvalue weighted by molar-refractivity contribution is 0.448. The molecule has 2 rings (SSSR count). The lowest BCUT2D eigenvalue weighted by Crippen LogP contribution is -2.13. The first-order chi connectivity index (χ1) is 6.42. The predicted molar refractivity (Wildman–Crippen MR) is 49.3 cm³/mol. The molecule has 5 nitrogen and oxygen atoms in total. The van der Waals surface area contributed by atoms with Crippen LogP contribution in [0.4, 0.5) is 5.69 Å². The van der Waals surface area contributed by atoms with E-state index in [2.05, 4.69) is 15.5 Å². The zero-order chi connectivity index (χ0) is 9.10. The van der Waals surface area contributed by atoms with Crippen LogP contribution in [0.15, 0.2) is 23.0 Å². The molecule has 2 aromatic rings. The van der Waals surface area contributed by atoms with Gasteiger partial charge in [0, 0.05) is 19.3 Å². The number of aromatic nitrogens is 2. The number of nitrogens with two attached hydrogens (primary N) is 1. The van der Waals surface area contributed by atoms with Gasteiger partial charge in [-0.3, -0.25) is 0 Å². The second-order valence-corrected chi connectivity index (χ2v) is 2.62.